The summed E-state index contributed by atoms with van der Waals surface area (Å²) in [4.78, 5) is 24.3. The van der Waals surface area contributed by atoms with E-state index in [1.54, 1.807) is 24.4 Å². The summed E-state index contributed by atoms with van der Waals surface area (Å²) in [6, 6.07) is 20.4. The zero-order valence-electron chi connectivity index (χ0n) is 17.3. The number of nitrogens with one attached hydrogen (secondary N) is 2. The minimum atomic E-state index is -0.432. The molecule has 2 aromatic carbocycles. The van der Waals surface area contributed by atoms with E-state index in [1.807, 2.05) is 36.4 Å². The van der Waals surface area contributed by atoms with Crippen molar-refractivity contribution in [3.63, 3.8) is 0 Å². The molecule has 2 N–H and O–H groups in total. The highest BCUT2D eigenvalue weighted by Crippen LogP contribution is 2.37. The molecule has 5 aromatic rings. The van der Waals surface area contributed by atoms with Gasteiger partial charge in [-0.1, -0.05) is 42.5 Å². The van der Waals surface area contributed by atoms with Gasteiger partial charge in [-0.25, -0.2) is 13.8 Å². The van der Waals surface area contributed by atoms with E-state index in [0.717, 1.165) is 22.4 Å². The summed E-state index contributed by atoms with van der Waals surface area (Å²) in [6.07, 6.45) is 2.88. The first-order valence-corrected chi connectivity index (χ1v) is 10.3. The van der Waals surface area contributed by atoms with E-state index >= 15 is 0 Å². The minimum absolute atomic E-state index is 0.0943. The molecule has 0 bridgehead atoms. The largest absolute Gasteiger partial charge is 0.353 e. The Hall–Kier alpha value is -4.39. The molecule has 0 spiro atoms. The van der Waals surface area contributed by atoms with E-state index in [1.165, 1.54) is 24.4 Å². The smallest absolute Gasteiger partial charge is 0.229 e. The first-order valence-electron chi connectivity index (χ1n) is 10.3. The van der Waals surface area contributed by atoms with Crippen LogP contribution in [0.25, 0.3) is 33.4 Å². The van der Waals surface area contributed by atoms with Gasteiger partial charge in [0.1, 0.15) is 17.5 Å². The van der Waals surface area contributed by atoms with Crippen molar-refractivity contribution in [2.75, 3.05) is 5.32 Å². The third kappa shape index (κ3) is 4.34. The maximum atomic E-state index is 13.8. The molecule has 5 nitrogen and oxygen atoms in total. The number of pyridine rings is 2. The number of aromatic amines is 1. The summed E-state index contributed by atoms with van der Waals surface area (Å²) < 4.78 is 26.9. The average Bonchev–Trinajstić information content (AvgIpc) is 3.20. The van der Waals surface area contributed by atoms with E-state index < -0.39 is 5.82 Å². The summed E-state index contributed by atoms with van der Waals surface area (Å²) >= 11 is 0. The molecule has 0 aliphatic carbocycles. The molecule has 3 heterocycles. The first-order chi connectivity index (χ1) is 16.1. The fourth-order valence-electron chi connectivity index (χ4n) is 3.78. The zero-order valence-corrected chi connectivity index (χ0v) is 17.3. The average molecular weight is 440 g/mol. The Labute approximate surface area is 188 Å². The van der Waals surface area contributed by atoms with Crippen LogP contribution in [-0.4, -0.2) is 20.9 Å². The number of rotatable bonds is 5. The Bertz CT molecular complexity index is 1450. The van der Waals surface area contributed by atoms with Crippen molar-refractivity contribution in [2.24, 2.45) is 0 Å². The summed E-state index contributed by atoms with van der Waals surface area (Å²) in [5.74, 6) is -0.680. The Morgan fingerprint density at radius 3 is 2.45 bits per heavy atom. The predicted octanol–water partition coefficient (Wildman–Crippen LogP) is 5.75. The van der Waals surface area contributed by atoms with Crippen molar-refractivity contribution >= 4 is 22.8 Å². The molecule has 162 valence electrons. The quantitative estimate of drug-likeness (QED) is 0.366. The van der Waals surface area contributed by atoms with Crippen molar-refractivity contribution in [1.29, 1.82) is 0 Å². The van der Waals surface area contributed by atoms with E-state index in [2.05, 4.69) is 20.3 Å². The van der Waals surface area contributed by atoms with Crippen LogP contribution in [0, 0.1) is 11.6 Å². The topological polar surface area (TPSA) is 70.7 Å². The predicted molar refractivity (Wildman–Crippen MR) is 123 cm³/mol. The third-order valence-electron chi connectivity index (χ3n) is 5.26. The van der Waals surface area contributed by atoms with Crippen LogP contribution in [0.15, 0.2) is 85.2 Å². The Morgan fingerprint density at radius 1 is 0.879 bits per heavy atom. The number of halogens is 2. The van der Waals surface area contributed by atoms with E-state index in [0.29, 0.717) is 22.4 Å². The highest BCUT2D eigenvalue weighted by Gasteiger charge is 2.17. The van der Waals surface area contributed by atoms with Gasteiger partial charge < -0.3 is 10.3 Å². The van der Waals surface area contributed by atoms with Crippen LogP contribution in [0.5, 0.6) is 0 Å². The maximum absolute atomic E-state index is 13.8. The number of carbonyl (C=O) groups excluding carboxylic acids is 1. The van der Waals surface area contributed by atoms with Gasteiger partial charge in [-0.05, 0) is 35.4 Å². The van der Waals surface area contributed by atoms with Gasteiger partial charge in [0.15, 0.2) is 0 Å². The molecule has 0 saturated heterocycles. The summed E-state index contributed by atoms with van der Waals surface area (Å²) in [7, 11) is 0. The van der Waals surface area contributed by atoms with Gasteiger partial charge in [0.25, 0.3) is 0 Å². The maximum Gasteiger partial charge on any atom is 0.229 e. The molecule has 5 rings (SSSR count). The fraction of sp³-hybridized carbons (Fsp3) is 0.0385. The minimum Gasteiger partial charge on any atom is -0.353 e. The number of benzene rings is 2. The highest BCUT2D eigenvalue weighted by atomic mass is 19.1. The first kappa shape index (κ1) is 20.5. The second-order valence-electron chi connectivity index (χ2n) is 7.57. The molecule has 0 radical (unpaired) electrons. The van der Waals surface area contributed by atoms with E-state index in [-0.39, 0.29) is 18.1 Å². The van der Waals surface area contributed by atoms with Crippen LogP contribution in [0.2, 0.25) is 0 Å². The molecule has 1 amide bonds. The summed E-state index contributed by atoms with van der Waals surface area (Å²) in [6.45, 7) is 0. The molecule has 0 saturated carbocycles. The van der Waals surface area contributed by atoms with Gasteiger partial charge in [-0.3, -0.25) is 9.78 Å². The number of fused-ring (bicyclic) bond motifs is 1. The van der Waals surface area contributed by atoms with Crippen LogP contribution < -0.4 is 5.32 Å². The standard InChI is InChI=1S/C26H18F2N4O/c27-19-8-6-16(7-9-19)12-23(33)32-22-13-18(10-11-29-22)25-24(17-4-2-1-3-5-17)26-21(31-25)14-20(28)15-30-26/h1-11,13-15,31H,12H2,(H,29,32,33). The molecule has 0 aliphatic rings. The lowest BCUT2D eigenvalue weighted by atomic mass is 10.0. The number of carbonyl (C=O) groups is 1. The Morgan fingerprint density at radius 2 is 1.67 bits per heavy atom. The highest BCUT2D eigenvalue weighted by molar-refractivity contribution is 6.02. The molecule has 7 heteroatoms. The van der Waals surface area contributed by atoms with Crippen molar-refractivity contribution in [2.45, 2.75) is 6.42 Å². The van der Waals surface area contributed by atoms with E-state index in [4.69, 9.17) is 0 Å². The molecular weight excluding hydrogens is 422 g/mol. The van der Waals surface area contributed by atoms with Gasteiger partial charge >= 0.3 is 0 Å². The lowest BCUT2D eigenvalue weighted by Gasteiger charge is -2.08. The second-order valence-corrected chi connectivity index (χ2v) is 7.57. The van der Waals surface area contributed by atoms with Gasteiger partial charge in [-0.15, -0.1) is 0 Å². The normalized spacial score (nSPS) is 11.0. The lowest BCUT2D eigenvalue weighted by molar-refractivity contribution is -0.115. The monoisotopic (exact) mass is 440 g/mol. The number of hydrogen-bond acceptors (Lipinski definition) is 3. The Kier molecular flexibility index (Phi) is 5.36. The molecule has 0 fully saturated rings. The van der Waals surface area contributed by atoms with E-state index in [9.17, 15) is 13.6 Å². The van der Waals surface area contributed by atoms with Crippen LogP contribution >= 0.6 is 0 Å². The van der Waals surface area contributed by atoms with Crippen LogP contribution in [0.4, 0.5) is 14.6 Å². The van der Waals surface area contributed by atoms with Crippen molar-refractivity contribution in [3.05, 3.63) is 102 Å². The molecule has 0 aliphatic heterocycles. The molecular formula is C26H18F2N4O. The van der Waals surface area contributed by atoms with Crippen molar-refractivity contribution in [1.82, 2.24) is 15.0 Å². The molecule has 3 aromatic heterocycles. The number of nitrogens with zero attached hydrogens (tertiary/aromatic N) is 2. The van der Waals surface area contributed by atoms with Crippen LogP contribution in [-0.2, 0) is 11.2 Å². The van der Waals surface area contributed by atoms with Gasteiger partial charge in [0.2, 0.25) is 5.91 Å². The number of H-pyrrole nitrogens is 1. The fourth-order valence-corrected chi connectivity index (χ4v) is 3.78. The summed E-state index contributed by atoms with van der Waals surface area (Å²) in [5, 5.41) is 2.78. The number of hydrogen-bond donors (Lipinski definition) is 2. The SMILES string of the molecule is O=C(Cc1ccc(F)cc1)Nc1cc(-c2[nH]c3cc(F)cnc3c2-c2ccccc2)ccn1. The second kappa shape index (κ2) is 8.63. The van der Waals surface area contributed by atoms with Crippen molar-refractivity contribution < 1.29 is 13.6 Å². The number of amides is 1. The summed E-state index contributed by atoms with van der Waals surface area (Å²) in [5.41, 5.74) is 5.18. The molecule has 0 unspecified atom stereocenters. The van der Waals surface area contributed by atoms with Gasteiger partial charge in [0.05, 0.1) is 29.3 Å². The Balaban J connectivity index is 1.50. The number of aromatic nitrogens is 3. The van der Waals surface area contributed by atoms with Crippen LogP contribution in [0.3, 0.4) is 0 Å². The number of anilines is 1. The molecule has 33 heavy (non-hydrogen) atoms. The van der Waals surface area contributed by atoms with Gasteiger partial charge in [-0.2, -0.15) is 0 Å². The van der Waals surface area contributed by atoms with Gasteiger partial charge in [0, 0.05) is 23.4 Å². The van der Waals surface area contributed by atoms with Crippen LogP contribution in [0.1, 0.15) is 5.56 Å². The zero-order chi connectivity index (χ0) is 22.8. The lowest BCUT2D eigenvalue weighted by Crippen LogP contribution is -2.15. The third-order valence-corrected chi connectivity index (χ3v) is 5.26. The van der Waals surface area contributed by atoms with Crippen molar-refractivity contribution in [3.8, 4) is 22.4 Å². The molecule has 0 atom stereocenters.